The lowest BCUT2D eigenvalue weighted by atomic mass is 10.2. The summed E-state index contributed by atoms with van der Waals surface area (Å²) in [6, 6.07) is 6.67. The molecule has 0 aliphatic carbocycles. The van der Waals surface area contributed by atoms with E-state index in [-0.39, 0.29) is 5.75 Å². The summed E-state index contributed by atoms with van der Waals surface area (Å²) >= 11 is 5.46. The number of para-hydroxylation sites is 1. The number of rotatable bonds is 4. The van der Waals surface area contributed by atoms with Gasteiger partial charge in [0, 0.05) is 0 Å². The molecule has 1 N–H and O–H groups in total. The van der Waals surface area contributed by atoms with Crippen LogP contribution in [0.15, 0.2) is 24.3 Å². The monoisotopic (exact) mass is 246 g/mol. The molecule has 0 spiro atoms. The van der Waals surface area contributed by atoms with E-state index in [2.05, 4.69) is 16.2 Å². The second-order valence-electron chi connectivity index (χ2n) is 3.30. The van der Waals surface area contributed by atoms with Crippen molar-refractivity contribution in [3.8, 4) is 5.75 Å². The van der Waals surface area contributed by atoms with Crippen molar-refractivity contribution >= 4 is 20.8 Å². The van der Waals surface area contributed by atoms with Gasteiger partial charge in [0.25, 0.3) is 0 Å². The molecule has 86 valence electrons. The van der Waals surface area contributed by atoms with Crippen molar-refractivity contribution in [3.05, 3.63) is 29.3 Å². The topological polar surface area (TPSA) is 20.2 Å². The number of halogens is 1. The van der Waals surface area contributed by atoms with Crippen LogP contribution in [-0.4, -0.2) is 11.3 Å². The zero-order chi connectivity index (χ0) is 11.5. The molecule has 0 saturated heterocycles. The third-order valence-corrected chi connectivity index (χ3v) is 2.64. The van der Waals surface area contributed by atoms with E-state index < -0.39 is 0 Å². The van der Waals surface area contributed by atoms with Gasteiger partial charge in [0.15, 0.2) is 0 Å². The van der Waals surface area contributed by atoms with Gasteiger partial charge >= 0.3 is 0 Å². The third-order valence-electron chi connectivity index (χ3n) is 1.91. The molecule has 0 fully saturated rings. The molecule has 0 heterocycles. The molecular weight excluding hydrogens is 227 g/mol. The SMILES string of the molecule is CCCCCCP.Oc1ccccc1Cl. The van der Waals surface area contributed by atoms with E-state index >= 15 is 0 Å². The molecule has 1 aromatic carbocycles. The minimum Gasteiger partial charge on any atom is -0.506 e. The van der Waals surface area contributed by atoms with Crippen LogP contribution in [0.5, 0.6) is 5.75 Å². The van der Waals surface area contributed by atoms with E-state index in [1.807, 2.05) is 0 Å². The van der Waals surface area contributed by atoms with Crippen molar-refractivity contribution in [2.24, 2.45) is 0 Å². The Labute approximate surface area is 100 Å². The summed E-state index contributed by atoms with van der Waals surface area (Å²) in [6.45, 7) is 2.24. The van der Waals surface area contributed by atoms with Gasteiger partial charge in [-0.3, -0.25) is 0 Å². The fourth-order valence-corrected chi connectivity index (χ4v) is 1.45. The summed E-state index contributed by atoms with van der Waals surface area (Å²) in [6.07, 6.45) is 6.84. The Balaban J connectivity index is 0.000000265. The Morgan fingerprint density at radius 3 is 2.27 bits per heavy atom. The van der Waals surface area contributed by atoms with Crippen molar-refractivity contribution in [1.82, 2.24) is 0 Å². The van der Waals surface area contributed by atoms with Crippen LogP contribution in [0.25, 0.3) is 0 Å². The molecule has 0 aliphatic heterocycles. The van der Waals surface area contributed by atoms with Gasteiger partial charge in [-0.1, -0.05) is 49.9 Å². The number of aromatic hydroxyl groups is 1. The van der Waals surface area contributed by atoms with E-state index in [9.17, 15) is 0 Å². The Morgan fingerprint density at radius 1 is 1.20 bits per heavy atom. The highest BCUT2D eigenvalue weighted by Crippen LogP contribution is 2.20. The van der Waals surface area contributed by atoms with Gasteiger partial charge in [0.2, 0.25) is 0 Å². The van der Waals surface area contributed by atoms with Crippen LogP contribution in [0, 0.1) is 0 Å². The van der Waals surface area contributed by atoms with E-state index in [1.54, 1.807) is 24.3 Å². The molecule has 3 heteroatoms. The fourth-order valence-electron chi connectivity index (χ4n) is 1.02. The van der Waals surface area contributed by atoms with Gasteiger partial charge in [-0.2, -0.15) is 0 Å². The number of benzene rings is 1. The van der Waals surface area contributed by atoms with Crippen LogP contribution in [0.2, 0.25) is 5.02 Å². The first-order chi connectivity index (χ1) is 7.22. The predicted molar refractivity (Wildman–Crippen MR) is 71.8 cm³/mol. The molecule has 0 aliphatic rings. The minimum atomic E-state index is 0.133. The van der Waals surface area contributed by atoms with Crippen molar-refractivity contribution < 1.29 is 5.11 Å². The maximum Gasteiger partial charge on any atom is 0.134 e. The summed E-state index contributed by atoms with van der Waals surface area (Å²) in [4.78, 5) is 0. The molecule has 1 atom stereocenters. The molecule has 0 aromatic heterocycles. The number of hydrogen-bond acceptors (Lipinski definition) is 1. The van der Waals surface area contributed by atoms with Gasteiger partial charge in [-0.25, -0.2) is 0 Å². The highest BCUT2D eigenvalue weighted by Gasteiger charge is 1.89. The van der Waals surface area contributed by atoms with Crippen LogP contribution in [0.3, 0.4) is 0 Å². The first-order valence-corrected chi connectivity index (χ1v) is 6.55. The zero-order valence-corrected chi connectivity index (χ0v) is 11.2. The summed E-state index contributed by atoms with van der Waals surface area (Å²) in [5.74, 6) is 0.133. The predicted octanol–water partition coefficient (Wildman–Crippen LogP) is 4.49. The molecule has 15 heavy (non-hydrogen) atoms. The van der Waals surface area contributed by atoms with Crippen LogP contribution < -0.4 is 0 Å². The Hall–Kier alpha value is -0.260. The highest BCUT2D eigenvalue weighted by molar-refractivity contribution is 7.16. The van der Waals surface area contributed by atoms with Gasteiger partial charge < -0.3 is 5.11 Å². The molecule has 1 nitrogen and oxygen atoms in total. The average Bonchev–Trinajstić information content (AvgIpc) is 2.24. The smallest absolute Gasteiger partial charge is 0.134 e. The van der Waals surface area contributed by atoms with Gasteiger partial charge in [0.05, 0.1) is 5.02 Å². The first kappa shape index (κ1) is 14.7. The van der Waals surface area contributed by atoms with Crippen molar-refractivity contribution in [1.29, 1.82) is 0 Å². The molecule has 0 bridgehead atoms. The lowest BCUT2D eigenvalue weighted by Gasteiger charge is -1.90. The first-order valence-electron chi connectivity index (χ1n) is 5.36. The second kappa shape index (κ2) is 10.3. The van der Waals surface area contributed by atoms with Gasteiger partial charge in [-0.15, -0.1) is 9.24 Å². The summed E-state index contributed by atoms with van der Waals surface area (Å²) in [5.41, 5.74) is 0. The van der Waals surface area contributed by atoms with Gasteiger partial charge in [0.1, 0.15) is 5.75 Å². The summed E-state index contributed by atoms with van der Waals surface area (Å²) < 4.78 is 0. The minimum absolute atomic E-state index is 0.133. The third kappa shape index (κ3) is 8.72. The van der Waals surface area contributed by atoms with Crippen LogP contribution in [-0.2, 0) is 0 Å². The standard InChI is InChI=1S/C6H5ClO.C6H15P/c7-5-3-1-2-4-6(5)8;1-2-3-4-5-6-7/h1-4,8H;2-7H2,1H3. The van der Waals surface area contributed by atoms with Crippen molar-refractivity contribution in [2.75, 3.05) is 6.16 Å². The van der Waals surface area contributed by atoms with Crippen molar-refractivity contribution in [2.45, 2.75) is 32.6 Å². The summed E-state index contributed by atoms with van der Waals surface area (Å²) in [5, 5.41) is 9.18. The zero-order valence-electron chi connectivity index (χ0n) is 9.25. The lowest BCUT2D eigenvalue weighted by molar-refractivity contribution is 0.475. The Kier molecular flexibility index (Phi) is 10.1. The molecular formula is C12H20ClOP. The highest BCUT2D eigenvalue weighted by atomic mass is 35.5. The maximum atomic E-state index is 8.79. The number of phenolic OH excluding ortho intramolecular Hbond substituents is 1. The Bertz CT molecular complexity index is 228. The van der Waals surface area contributed by atoms with Gasteiger partial charge in [-0.05, 0) is 24.7 Å². The number of unbranched alkanes of at least 4 members (excludes halogenated alkanes) is 3. The van der Waals surface area contributed by atoms with E-state index in [1.165, 1.54) is 31.8 Å². The molecule has 1 aromatic rings. The molecule has 1 rings (SSSR count). The second-order valence-corrected chi connectivity index (χ2v) is 4.29. The van der Waals surface area contributed by atoms with Crippen LogP contribution >= 0.6 is 20.8 Å². The average molecular weight is 247 g/mol. The molecule has 0 amide bonds. The normalized spacial score (nSPS) is 9.27. The van der Waals surface area contributed by atoms with E-state index in [4.69, 9.17) is 16.7 Å². The summed E-state index contributed by atoms with van der Waals surface area (Å²) in [7, 11) is 2.75. The van der Waals surface area contributed by atoms with Crippen molar-refractivity contribution in [3.63, 3.8) is 0 Å². The lowest BCUT2D eigenvalue weighted by Crippen LogP contribution is -1.73. The Morgan fingerprint density at radius 2 is 1.87 bits per heavy atom. The fraction of sp³-hybridized carbons (Fsp3) is 0.500. The maximum absolute atomic E-state index is 8.79. The molecule has 0 radical (unpaired) electrons. The quantitative estimate of drug-likeness (QED) is 0.613. The number of hydrogen-bond donors (Lipinski definition) is 1. The van der Waals surface area contributed by atoms with Crippen LogP contribution in [0.1, 0.15) is 32.6 Å². The number of phenols is 1. The van der Waals surface area contributed by atoms with E-state index in [0.29, 0.717) is 5.02 Å². The molecule has 0 saturated carbocycles. The largest absolute Gasteiger partial charge is 0.506 e. The van der Waals surface area contributed by atoms with E-state index in [0.717, 1.165) is 0 Å². The molecule has 1 unspecified atom stereocenters. The van der Waals surface area contributed by atoms with Crippen LogP contribution in [0.4, 0.5) is 0 Å².